The van der Waals surface area contributed by atoms with E-state index in [4.69, 9.17) is 4.52 Å². The number of aromatic amines is 1. The van der Waals surface area contributed by atoms with Gasteiger partial charge in [0.2, 0.25) is 0 Å². The smallest absolute Gasteiger partial charge is 0.338 e. The molecule has 1 unspecified atom stereocenters. The molecule has 0 aliphatic rings. The lowest BCUT2D eigenvalue weighted by atomic mass is 9.89. The van der Waals surface area contributed by atoms with Crippen LogP contribution >= 0.6 is 23.5 Å². The van der Waals surface area contributed by atoms with E-state index < -0.39 is 23.1 Å². The van der Waals surface area contributed by atoms with Gasteiger partial charge in [-0.1, -0.05) is 35.7 Å². The molecule has 0 saturated heterocycles. The highest BCUT2D eigenvalue weighted by Crippen LogP contribution is 2.28. The summed E-state index contributed by atoms with van der Waals surface area (Å²) in [6.45, 7) is 1.34. The van der Waals surface area contributed by atoms with Crippen molar-refractivity contribution in [2.75, 3.05) is 12.5 Å². The van der Waals surface area contributed by atoms with Crippen molar-refractivity contribution >= 4 is 35.1 Å². The third-order valence-electron chi connectivity index (χ3n) is 5.85. The molecular weight excluding hydrogens is 584 g/mol. The Balaban J connectivity index is 0.000000193. The molecule has 3 heterocycles. The highest BCUT2D eigenvalue weighted by atomic mass is 32.2. The van der Waals surface area contributed by atoms with Crippen molar-refractivity contribution in [1.29, 1.82) is 0 Å². The Labute approximate surface area is 247 Å². The van der Waals surface area contributed by atoms with Crippen molar-refractivity contribution < 1.29 is 22.9 Å². The van der Waals surface area contributed by atoms with Crippen LogP contribution in [0.4, 0.5) is 8.78 Å². The number of Topliss-reactive ketones (excluding diaryl/α,β-unsaturated/α-hetero) is 2. The van der Waals surface area contributed by atoms with Gasteiger partial charge in [-0.2, -0.15) is 0 Å². The number of H-pyrrole nitrogens is 1. The number of hydrogen-bond donors (Lipinski definition) is 1. The van der Waals surface area contributed by atoms with E-state index >= 15 is 0 Å². The fraction of sp³-hybridized carbons (Fsp3) is 0.138. The monoisotopic (exact) mass is 607 g/mol. The summed E-state index contributed by atoms with van der Waals surface area (Å²) in [6, 6.07) is 14.2. The molecule has 5 aromatic rings. The van der Waals surface area contributed by atoms with Gasteiger partial charge in [-0.25, -0.2) is 38.7 Å². The van der Waals surface area contributed by atoms with Crippen LogP contribution < -0.4 is 5.63 Å². The first-order chi connectivity index (χ1) is 20.2. The van der Waals surface area contributed by atoms with Gasteiger partial charge >= 0.3 is 5.63 Å². The first-order valence-corrected chi connectivity index (χ1v) is 14.7. The first kappa shape index (κ1) is 30.5. The van der Waals surface area contributed by atoms with E-state index in [1.54, 1.807) is 30.7 Å². The SMILES string of the molecule is CSc1nccc(-c2c(-c3ccc(F)cc3)[nH]oc2=O)n1.CSc1nccc(C(=O)C(C(C)=O)c2ccc(F)cc2)n1. The number of rotatable bonds is 8. The molecule has 1 N–H and O–H groups in total. The standard InChI is InChI=1S/C15H13FN2O2S.C14H10FN3O2S/c1-9(19)13(10-3-5-11(16)6-4-10)14(20)12-7-8-17-15(18-12)21-2;1-21-14-16-7-6-10(17-14)11-12(18-20-13(11)19)8-2-4-9(15)5-3-8/h3-8,13H,1-2H3;2-7,18H,1H3. The van der Waals surface area contributed by atoms with Crippen molar-refractivity contribution in [2.45, 2.75) is 23.2 Å². The molecular formula is C29H23F2N5O4S2. The van der Waals surface area contributed by atoms with Crippen molar-refractivity contribution in [3.63, 3.8) is 0 Å². The Morgan fingerprint density at radius 3 is 2.00 bits per heavy atom. The summed E-state index contributed by atoms with van der Waals surface area (Å²) >= 11 is 2.68. The molecule has 13 heteroatoms. The number of halogens is 2. The maximum Gasteiger partial charge on any atom is 0.367 e. The van der Waals surface area contributed by atoms with Crippen LogP contribution in [-0.2, 0) is 4.79 Å². The number of thioether (sulfide) groups is 2. The molecule has 0 bridgehead atoms. The van der Waals surface area contributed by atoms with Gasteiger partial charge in [0, 0.05) is 18.0 Å². The van der Waals surface area contributed by atoms with E-state index in [9.17, 15) is 23.2 Å². The van der Waals surface area contributed by atoms with Crippen LogP contribution in [0.3, 0.4) is 0 Å². The van der Waals surface area contributed by atoms with Crippen LogP contribution in [0, 0.1) is 11.6 Å². The van der Waals surface area contributed by atoms with E-state index in [0.717, 1.165) is 0 Å². The lowest BCUT2D eigenvalue weighted by molar-refractivity contribution is -0.117. The van der Waals surface area contributed by atoms with Gasteiger partial charge in [0.15, 0.2) is 16.1 Å². The Bertz CT molecular complexity index is 1760. The fourth-order valence-electron chi connectivity index (χ4n) is 3.88. The number of nitrogens with zero attached hydrogens (tertiary/aromatic N) is 4. The second kappa shape index (κ2) is 13.9. The van der Waals surface area contributed by atoms with Gasteiger partial charge < -0.3 is 4.52 Å². The van der Waals surface area contributed by atoms with Crippen LogP contribution in [0.25, 0.3) is 22.5 Å². The average Bonchev–Trinajstić information content (AvgIpc) is 3.40. The molecule has 1 atom stereocenters. The summed E-state index contributed by atoms with van der Waals surface area (Å²) in [5.74, 6) is -2.46. The van der Waals surface area contributed by atoms with Crippen molar-refractivity contribution in [3.05, 3.63) is 106 Å². The third-order valence-corrected chi connectivity index (χ3v) is 6.97. The predicted molar refractivity (Wildman–Crippen MR) is 155 cm³/mol. The van der Waals surface area contributed by atoms with E-state index in [-0.39, 0.29) is 17.3 Å². The zero-order valence-corrected chi connectivity index (χ0v) is 24.1. The largest absolute Gasteiger partial charge is 0.367 e. The lowest BCUT2D eigenvalue weighted by Crippen LogP contribution is -2.21. The molecule has 0 fully saturated rings. The summed E-state index contributed by atoms with van der Waals surface area (Å²) in [5, 5.41) is 3.58. The fourth-order valence-corrected chi connectivity index (χ4v) is 4.59. The number of benzene rings is 2. The summed E-state index contributed by atoms with van der Waals surface area (Å²) in [4.78, 5) is 52.8. The van der Waals surface area contributed by atoms with Gasteiger partial charge in [0.05, 0.1) is 11.4 Å². The Hall–Kier alpha value is -4.49. The minimum Gasteiger partial charge on any atom is -0.338 e. The zero-order valence-electron chi connectivity index (χ0n) is 22.5. The van der Waals surface area contributed by atoms with Crippen LogP contribution in [0.15, 0.2) is 92.7 Å². The predicted octanol–water partition coefficient (Wildman–Crippen LogP) is 5.85. The highest BCUT2D eigenvalue weighted by molar-refractivity contribution is 7.98. The van der Waals surface area contributed by atoms with Crippen molar-refractivity contribution in [2.24, 2.45) is 0 Å². The second-order valence-electron chi connectivity index (χ2n) is 8.57. The number of hydrogen-bond acceptors (Lipinski definition) is 10. The number of carbonyl (C=O) groups is 2. The van der Waals surface area contributed by atoms with E-state index in [2.05, 4.69) is 25.1 Å². The molecule has 2 aromatic carbocycles. The maximum atomic E-state index is 13.0. The Morgan fingerprint density at radius 1 is 0.833 bits per heavy atom. The summed E-state index contributed by atoms with van der Waals surface area (Å²) < 4.78 is 30.9. The zero-order chi connectivity index (χ0) is 30.2. The van der Waals surface area contributed by atoms with Crippen LogP contribution in [0.5, 0.6) is 0 Å². The maximum absolute atomic E-state index is 13.0. The molecule has 0 spiro atoms. The van der Waals surface area contributed by atoms with E-state index in [0.29, 0.717) is 38.4 Å². The average molecular weight is 608 g/mol. The van der Waals surface area contributed by atoms with Crippen LogP contribution in [-0.4, -0.2) is 49.2 Å². The summed E-state index contributed by atoms with van der Waals surface area (Å²) in [6.07, 6.45) is 6.70. The van der Waals surface area contributed by atoms with Gasteiger partial charge in [-0.15, -0.1) is 0 Å². The lowest BCUT2D eigenvalue weighted by Gasteiger charge is -2.13. The van der Waals surface area contributed by atoms with Gasteiger partial charge in [-0.05, 0) is 73.5 Å². The molecule has 0 radical (unpaired) electrons. The first-order valence-electron chi connectivity index (χ1n) is 12.2. The summed E-state index contributed by atoms with van der Waals surface area (Å²) in [7, 11) is 0. The van der Waals surface area contributed by atoms with Crippen LogP contribution in [0.2, 0.25) is 0 Å². The minimum atomic E-state index is -0.977. The molecule has 42 heavy (non-hydrogen) atoms. The highest BCUT2D eigenvalue weighted by Gasteiger charge is 2.27. The number of aromatic nitrogens is 5. The molecule has 5 rings (SSSR count). The molecule has 3 aromatic heterocycles. The number of nitrogens with one attached hydrogen (secondary N) is 1. The van der Waals surface area contributed by atoms with E-state index in [1.807, 2.05) is 6.26 Å². The molecule has 0 saturated carbocycles. The van der Waals surface area contributed by atoms with E-state index in [1.165, 1.54) is 79.1 Å². The topological polar surface area (TPSA) is 132 Å². The molecule has 214 valence electrons. The Morgan fingerprint density at radius 2 is 1.40 bits per heavy atom. The number of carbonyl (C=O) groups excluding carboxylic acids is 2. The van der Waals surface area contributed by atoms with Crippen LogP contribution in [0.1, 0.15) is 28.9 Å². The Kier molecular flexibility index (Phi) is 10.1. The molecule has 0 amide bonds. The second-order valence-corrected chi connectivity index (χ2v) is 10.1. The van der Waals surface area contributed by atoms with Crippen molar-refractivity contribution in [3.8, 4) is 22.5 Å². The van der Waals surface area contributed by atoms with Gasteiger partial charge in [0.25, 0.3) is 0 Å². The van der Waals surface area contributed by atoms with Crippen molar-refractivity contribution in [1.82, 2.24) is 25.1 Å². The molecule has 9 nitrogen and oxygen atoms in total. The van der Waals surface area contributed by atoms with Gasteiger partial charge in [-0.3, -0.25) is 9.59 Å². The molecule has 0 aliphatic heterocycles. The third kappa shape index (κ3) is 7.22. The number of ketones is 2. The van der Waals surface area contributed by atoms with Gasteiger partial charge in [0.1, 0.15) is 34.6 Å². The normalized spacial score (nSPS) is 11.4. The summed E-state index contributed by atoms with van der Waals surface area (Å²) in [5.41, 5.74) is 1.98. The molecule has 0 aliphatic carbocycles. The quantitative estimate of drug-likeness (QED) is 0.0992. The minimum absolute atomic E-state index is 0.180.